The van der Waals surface area contributed by atoms with Crippen molar-refractivity contribution in [1.29, 1.82) is 0 Å². The van der Waals surface area contributed by atoms with E-state index < -0.39 is 0 Å². The minimum Gasteiger partial charge on any atom is -0.395 e. The Morgan fingerprint density at radius 3 is 2.87 bits per heavy atom. The lowest BCUT2D eigenvalue weighted by molar-refractivity contribution is 0.311. The van der Waals surface area contributed by atoms with Crippen molar-refractivity contribution in [3.05, 3.63) is 47.2 Å². The molecule has 1 aromatic heterocycles. The molecule has 1 unspecified atom stereocenters. The van der Waals surface area contributed by atoms with Gasteiger partial charge in [0.2, 0.25) is 0 Å². The van der Waals surface area contributed by atoms with Crippen molar-refractivity contribution in [2.24, 2.45) is 5.92 Å². The van der Waals surface area contributed by atoms with Crippen molar-refractivity contribution in [2.75, 3.05) is 36.5 Å². The molecule has 0 aliphatic carbocycles. The number of halogens is 1. The number of hydrogen-bond donors (Lipinski definition) is 2. The van der Waals surface area contributed by atoms with E-state index in [-0.39, 0.29) is 6.61 Å². The Balaban J connectivity index is 1.59. The van der Waals surface area contributed by atoms with Gasteiger partial charge in [-0.15, -0.1) is 0 Å². The van der Waals surface area contributed by atoms with Gasteiger partial charge in [-0.1, -0.05) is 23.7 Å². The second kappa shape index (κ2) is 7.62. The van der Waals surface area contributed by atoms with Crippen LogP contribution in [0, 0.1) is 5.92 Å². The third-order valence-electron chi connectivity index (χ3n) is 4.12. The van der Waals surface area contributed by atoms with Crippen molar-refractivity contribution >= 4 is 23.2 Å². The fraction of sp³-hybridized carbons (Fsp3) is 0.412. The summed E-state index contributed by atoms with van der Waals surface area (Å²) in [5.74, 6) is 2.32. The van der Waals surface area contributed by atoms with E-state index in [2.05, 4.69) is 32.3 Å². The van der Waals surface area contributed by atoms with E-state index in [1.165, 1.54) is 5.56 Å². The molecule has 6 heteroatoms. The molecule has 0 amide bonds. The molecule has 0 radical (unpaired) electrons. The second-order valence-electron chi connectivity index (χ2n) is 5.84. The standard InChI is InChI=1S/C17H21ClN4O/c18-15-3-1-13(2-4-15)9-14-5-7-22(11-14)17-10-16(19-6-8-23)20-12-21-17/h1-4,10,12,14,23H,5-9,11H2,(H,19,20,21). The lowest BCUT2D eigenvalue weighted by Gasteiger charge is -2.18. The van der Waals surface area contributed by atoms with Crippen LogP contribution in [-0.2, 0) is 6.42 Å². The van der Waals surface area contributed by atoms with Gasteiger partial charge in [0, 0.05) is 30.7 Å². The van der Waals surface area contributed by atoms with Gasteiger partial charge in [-0.3, -0.25) is 0 Å². The first-order valence-electron chi connectivity index (χ1n) is 7.91. The van der Waals surface area contributed by atoms with Gasteiger partial charge in [-0.2, -0.15) is 0 Å². The summed E-state index contributed by atoms with van der Waals surface area (Å²) in [6.07, 6.45) is 3.79. The van der Waals surface area contributed by atoms with E-state index in [1.54, 1.807) is 6.33 Å². The number of aromatic nitrogens is 2. The molecule has 1 aromatic carbocycles. The lowest BCUT2D eigenvalue weighted by Crippen LogP contribution is -2.21. The van der Waals surface area contributed by atoms with E-state index in [1.807, 2.05) is 18.2 Å². The van der Waals surface area contributed by atoms with Gasteiger partial charge in [0.1, 0.15) is 18.0 Å². The highest BCUT2D eigenvalue weighted by molar-refractivity contribution is 6.30. The number of hydrogen-bond acceptors (Lipinski definition) is 5. The molecule has 2 aromatic rings. The first-order chi connectivity index (χ1) is 11.2. The quantitative estimate of drug-likeness (QED) is 0.851. The normalized spacial score (nSPS) is 17.5. The third-order valence-corrected chi connectivity index (χ3v) is 4.37. The monoisotopic (exact) mass is 332 g/mol. The molecule has 1 atom stereocenters. The van der Waals surface area contributed by atoms with Crippen molar-refractivity contribution < 1.29 is 5.11 Å². The molecule has 1 aliphatic heterocycles. The Morgan fingerprint density at radius 2 is 2.09 bits per heavy atom. The summed E-state index contributed by atoms with van der Waals surface area (Å²) in [5, 5.41) is 12.7. The first kappa shape index (κ1) is 16.0. The topological polar surface area (TPSA) is 61.3 Å². The highest BCUT2D eigenvalue weighted by atomic mass is 35.5. The van der Waals surface area contributed by atoms with E-state index in [4.69, 9.17) is 16.7 Å². The molecule has 1 saturated heterocycles. The summed E-state index contributed by atoms with van der Waals surface area (Å²) in [7, 11) is 0. The third kappa shape index (κ3) is 4.33. The summed E-state index contributed by atoms with van der Waals surface area (Å²) < 4.78 is 0. The van der Waals surface area contributed by atoms with E-state index in [0.29, 0.717) is 12.5 Å². The van der Waals surface area contributed by atoms with Crippen LogP contribution >= 0.6 is 11.6 Å². The summed E-state index contributed by atoms with van der Waals surface area (Å²) in [5.41, 5.74) is 1.33. The number of anilines is 2. The van der Waals surface area contributed by atoms with Crippen LogP contribution in [0.25, 0.3) is 0 Å². The molecule has 5 nitrogen and oxygen atoms in total. The second-order valence-corrected chi connectivity index (χ2v) is 6.28. The minimum atomic E-state index is 0.0895. The zero-order chi connectivity index (χ0) is 16.1. The van der Waals surface area contributed by atoms with Gasteiger partial charge in [0.05, 0.1) is 6.61 Å². The average molecular weight is 333 g/mol. The summed E-state index contributed by atoms with van der Waals surface area (Å²) >= 11 is 5.94. The van der Waals surface area contributed by atoms with Gasteiger partial charge >= 0.3 is 0 Å². The van der Waals surface area contributed by atoms with Crippen LogP contribution in [0.5, 0.6) is 0 Å². The van der Waals surface area contributed by atoms with Crippen molar-refractivity contribution in [3.8, 4) is 0 Å². The predicted octanol–water partition coefficient (Wildman–Crippen LogP) is 2.60. The summed E-state index contributed by atoms with van der Waals surface area (Å²) in [6.45, 7) is 2.59. The maximum absolute atomic E-state index is 8.88. The molecular formula is C17H21ClN4O. The molecule has 1 fully saturated rings. The van der Waals surface area contributed by atoms with Crippen LogP contribution < -0.4 is 10.2 Å². The molecule has 23 heavy (non-hydrogen) atoms. The molecule has 0 saturated carbocycles. The number of rotatable bonds is 6. The smallest absolute Gasteiger partial charge is 0.134 e. The molecule has 122 valence electrons. The highest BCUT2D eigenvalue weighted by Gasteiger charge is 2.23. The fourth-order valence-corrected chi connectivity index (χ4v) is 3.09. The van der Waals surface area contributed by atoms with Crippen LogP contribution in [-0.4, -0.2) is 41.3 Å². The summed E-state index contributed by atoms with van der Waals surface area (Å²) in [4.78, 5) is 10.8. The molecule has 2 N–H and O–H groups in total. The van der Waals surface area contributed by atoms with Gasteiger partial charge in [0.25, 0.3) is 0 Å². The Labute approximate surface area is 141 Å². The van der Waals surface area contributed by atoms with Gasteiger partial charge in [0.15, 0.2) is 0 Å². The zero-order valence-corrected chi connectivity index (χ0v) is 13.7. The van der Waals surface area contributed by atoms with Crippen LogP contribution in [0.2, 0.25) is 5.02 Å². The highest BCUT2D eigenvalue weighted by Crippen LogP contribution is 2.26. The first-order valence-corrected chi connectivity index (χ1v) is 8.28. The fourth-order valence-electron chi connectivity index (χ4n) is 2.96. The van der Waals surface area contributed by atoms with Gasteiger partial charge in [-0.25, -0.2) is 9.97 Å². The zero-order valence-electron chi connectivity index (χ0n) is 13.0. The molecule has 0 spiro atoms. The Kier molecular flexibility index (Phi) is 5.31. The summed E-state index contributed by atoms with van der Waals surface area (Å²) in [6, 6.07) is 10.1. The van der Waals surface area contributed by atoms with Crippen molar-refractivity contribution in [1.82, 2.24) is 9.97 Å². The molecule has 3 rings (SSSR count). The number of nitrogens with zero attached hydrogens (tertiary/aromatic N) is 3. The Morgan fingerprint density at radius 1 is 1.26 bits per heavy atom. The van der Waals surface area contributed by atoms with Crippen LogP contribution in [0.1, 0.15) is 12.0 Å². The molecular weight excluding hydrogens is 312 g/mol. The molecule has 0 bridgehead atoms. The van der Waals surface area contributed by atoms with Crippen LogP contribution in [0.4, 0.5) is 11.6 Å². The van der Waals surface area contributed by atoms with Crippen LogP contribution in [0.15, 0.2) is 36.7 Å². The average Bonchev–Trinajstić information content (AvgIpc) is 3.04. The lowest BCUT2D eigenvalue weighted by atomic mass is 9.99. The van der Waals surface area contributed by atoms with Crippen molar-refractivity contribution in [2.45, 2.75) is 12.8 Å². The van der Waals surface area contributed by atoms with E-state index in [0.717, 1.165) is 42.6 Å². The number of aliphatic hydroxyl groups excluding tert-OH is 1. The van der Waals surface area contributed by atoms with Gasteiger partial charge in [-0.05, 0) is 36.5 Å². The SMILES string of the molecule is OCCNc1cc(N2CCC(Cc3ccc(Cl)cc3)C2)ncn1. The predicted molar refractivity (Wildman–Crippen MR) is 93.1 cm³/mol. The van der Waals surface area contributed by atoms with E-state index >= 15 is 0 Å². The van der Waals surface area contributed by atoms with Crippen molar-refractivity contribution in [3.63, 3.8) is 0 Å². The molecule has 1 aliphatic rings. The largest absolute Gasteiger partial charge is 0.395 e. The number of aliphatic hydroxyl groups is 1. The Hall–Kier alpha value is -1.85. The Bertz CT molecular complexity index is 635. The van der Waals surface area contributed by atoms with Crippen LogP contribution in [0.3, 0.4) is 0 Å². The maximum atomic E-state index is 8.88. The molecule has 2 heterocycles. The maximum Gasteiger partial charge on any atom is 0.134 e. The minimum absolute atomic E-state index is 0.0895. The van der Waals surface area contributed by atoms with E-state index in [9.17, 15) is 0 Å². The van der Waals surface area contributed by atoms with Gasteiger partial charge < -0.3 is 15.3 Å². The number of benzene rings is 1. The number of nitrogens with one attached hydrogen (secondary N) is 1.